The van der Waals surface area contributed by atoms with Gasteiger partial charge in [-0.3, -0.25) is 9.89 Å². The average molecular weight is 415 g/mol. The molecule has 4 N–H and O–H groups in total. The Morgan fingerprint density at radius 2 is 2.08 bits per heavy atom. The Kier molecular flexibility index (Phi) is 6.77. The Morgan fingerprint density at radius 1 is 1.33 bits per heavy atom. The highest BCUT2D eigenvalue weighted by Gasteiger charge is 2.25. The van der Waals surface area contributed by atoms with Gasteiger partial charge in [-0.15, -0.1) is 12.4 Å². The molecule has 1 aromatic heterocycles. The van der Waals surface area contributed by atoms with Gasteiger partial charge in [-0.25, -0.2) is 4.98 Å². The van der Waals surface area contributed by atoms with Crippen molar-refractivity contribution in [1.29, 1.82) is 0 Å². The number of carbonyl (C=O) groups is 1. The van der Waals surface area contributed by atoms with Crippen molar-refractivity contribution in [2.75, 3.05) is 0 Å². The number of carbonyl (C=O) groups excluding carboxylic acids is 1. The smallest absolute Gasteiger partial charge is 0.220 e. The van der Waals surface area contributed by atoms with Gasteiger partial charge in [0.25, 0.3) is 0 Å². The summed E-state index contributed by atoms with van der Waals surface area (Å²) in [6.45, 7) is 0.352. The van der Waals surface area contributed by atoms with Crippen molar-refractivity contribution in [3.05, 3.63) is 34.6 Å². The Morgan fingerprint density at radius 3 is 2.75 bits per heavy atom. The molecule has 1 heterocycles. The fourth-order valence-corrected chi connectivity index (χ4v) is 3.18. The minimum absolute atomic E-state index is 0. The molecule has 0 unspecified atom stereocenters. The highest BCUT2D eigenvalue weighted by atomic mass is 79.9. The number of nitrogens with one attached hydrogen (secondary N) is 2. The summed E-state index contributed by atoms with van der Waals surface area (Å²) < 4.78 is 1.01. The first kappa shape index (κ1) is 18.9. The number of hydrogen-bond acceptors (Lipinski definition) is 4. The topological polar surface area (TPSA) is 96.7 Å². The Balaban J connectivity index is 0.00000208. The molecule has 0 saturated heterocycles. The normalized spacial score (nSPS) is 19.8. The van der Waals surface area contributed by atoms with Gasteiger partial charge in [0, 0.05) is 22.5 Å². The van der Waals surface area contributed by atoms with Gasteiger partial charge >= 0.3 is 0 Å². The zero-order valence-corrected chi connectivity index (χ0v) is 15.6. The van der Waals surface area contributed by atoms with Crippen molar-refractivity contribution in [2.24, 2.45) is 11.7 Å². The fourth-order valence-electron chi connectivity index (χ4n) is 2.91. The second kappa shape index (κ2) is 8.60. The molecule has 2 atom stereocenters. The zero-order valence-electron chi connectivity index (χ0n) is 13.2. The Bertz CT molecular complexity index is 675. The average Bonchev–Trinajstić information content (AvgIpc) is 3.16. The van der Waals surface area contributed by atoms with Gasteiger partial charge in [0.15, 0.2) is 5.82 Å². The monoisotopic (exact) mass is 413 g/mol. The number of benzene rings is 1. The molecule has 6 nitrogen and oxygen atoms in total. The Hall–Kier alpha value is -1.44. The minimum Gasteiger partial charge on any atom is -0.349 e. The number of hydrogen-bond donors (Lipinski definition) is 3. The summed E-state index contributed by atoms with van der Waals surface area (Å²) in [7, 11) is 0. The van der Waals surface area contributed by atoms with Crippen LogP contribution in [-0.4, -0.2) is 27.1 Å². The van der Waals surface area contributed by atoms with Crippen LogP contribution in [0.25, 0.3) is 11.4 Å². The first-order chi connectivity index (χ1) is 11.1. The zero-order chi connectivity index (χ0) is 16.2. The molecule has 24 heavy (non-hydrogen) atoms. The van der Waals surface area contributed by atoms with E-state index in [2.05, 4.69) is 36.4 Å². The summed E-state index contributed by atoms with van der Waals surface area (Å²) in [4.78, 5) is 16.4. The van der Waals surface area contributed by atoms with Gasteiger partial charge in [0.1, 0.15) is 5.82 Å². The van der Waals surface area contributed by atoms with Gasteiger partial charge in [0.05, 0.1) is 6.54 Å². The van der Waals surface area contributed by atoms with E-state index < -0.39 is 0 Å². The molecule has 3 rings (SSSR count). The van der Waals surface area contributed by atoms with E-state index in [1.54, 1.807) is 0 Å². The third kappa shape index (κ3) is 4.78. The van der Waals surface area contributed by atoms with Gasteiger partial charge < -0.3 is 11.1 Å². The maximum absolute atomic E-state index is 12.0. The van der Waals surface area contributed by atoms with Crippen molar-refractivity contribution >= 4 is 34.2 Å². The lowest BCUT2D eigenvalue weighted by atomic mass is 10.00. The first-order valence-corrected chi connectivity index (χ1v) is 8.60. The third-order valence-electron chi connectivity index (χ3n) is 4.25. The maximum Gasteiger partial charge on any atom is 0.220 e. The van der Waals surface area contributed by atoms with Crippen LogP contribution in [0.4, 0.5) is 0 Å². The standard InChI is InChI=1S/C16H20BrN5O.ClH/c17-12-6-4-10(5-7-12)16-20-14(21-22-16)9-19-15(23)8-11-2-1-3-13(11)18;/h4-7,11,13H,1-3,8-9,18H2,(H,19,23)(H,20,21,22);1H/t11-,13+;/m0./s1. The van der Waals surface area contributed by atoms with Crippen LogP contribution < -0.4 is 11.1 Å². The van der Waals surface area contributed by atoms with E-state index in [4.69, 9.17) is 5.73 Å². The molecule has 0 bridgehead atoms. The van der Waals surface area contributed by atoms with Crippen LogP contribution in [0.2, 0.25) is 0 Å². The van der Waals surface area contributed by atoms with E-state index in [-0.39, 0.29) is 24.4 Å². The van der Waals surface area contributed by atoms with Crippen LogP contribution in [0.3, 0.4) is 0 Å². The molecule has 2 aromatic rings. The lowest BCUT2D eigenvalue weighted by Crippen LogP contribution is -2.31. The highest BCUT2D eigenvalue weighted by Crippen LogP contribution is 2.26. The number of halogens is 2. The summed E-state index contributed by atoms with van der Waals surface area (Å²) in [5.74, 6) is 1.60. The molecule has 0 spiro atoms. The van der Waals surface area contributed by atoms with Gasteiger partial charge in [-0.1, -0.05) is 34.5 Å². The molecule has 1 aromatic carbocycles. The van der Waals surface area contributed by atoms with Crippen LogP contribution >= 0.6 is 28.3 Å². The van der Waals surface area contributed by atoms with E-state index in [0.29, 0.717) is 30.5 Å². The fraction of sp³-hybridized carbons (Fsp3) is 0.438. The highest BCUT2D eigenvalue weighted by molar-refractivity contribution is 9.10. The number of nitrogens with zero attached hydrogens (tertiary/aromatic N) is 2. The van der Waals surface area contributed by atoms with E-state index >= 15 is 0 Å². The van der Waals surface area contributed by atoms with Gasteiger partial charge in [0.2, 0.25) is 5.91 Å². The molecule has 1 fully saturated rings. The molecular weight excluding hydrogens is 394 g/mol. The number of H-pyrrole nitrogens is 1. The molecule has 1 saturated carbocycles. The maximum atomic E-state index is 12.0. The van der Waals surface area contributed by atoms with E-state index in [0.717, 1.165) is 29.3 Å². The molecule has 8 heteroatoms. The van der Waals surface area contributed by atoms with Crippen LogP contribution in [0.5, 0.6) is 0 Å². The van der Waals surface area contributed by atoms with E-state index in [9.17, 15) is 4.79 Å². The molecule has 1 aliphatic carbocycles. The lowest BCUT2D eigenvalue weighted by molar-refractivity contribution is -0.122. The van der Waals surface area contributed by atoms with Crippen LogP contribution in [0, 0.1) is 5.92 Å². The van der Waals surface area contributed by atoms with Crippen molar-refractivity contribution in [3.63, 3.8) is 0 Å². The van der Waals surface area contributed by atoms with Crippen LogP contribution in [0.15, 0.2) is 28.7 Å². The molecule has 1 amide bonds. The lowest BCUT2D eigenvalue weighted by Gasteiger charge is -2.14. The van der Waals surface area contributed by atoms with Crippen molar-refractivity contribution in [3.8, 4) is 11.4 Å². The largest absolute Gasteiger partial charge is 0.349 e. The summed E-state index contributed by atoms with van der Waals surface area (Å²) in [5, 5.41) is 9.94. The predicted molar refractivity (Wildman–Crippen MR) is 98.5 cm³/mol. The van der Waals surface area contributed by atoms with Crippen LogP contribution in [-0.2, 0) is 11.3 Å². The summed E-state index contributed by atoms with van der Waals surface area (Å²) in [5.41, 5.74) is 6.93. The van der Waals surface area contributed by atoms with Crippen molar-refractivity contribution < 1.29 is 4.79 Å². The number of aromatic amines is 1. The quantitative estimate of drug-likeness (QED) is 0.701. The molecule has 0 aliphatic heterocycles. The Labute approximate surface area is 155 Å². The van der Waals surface area contributed by atoms with E-state index in [1.807, 2.05) is 24.3 Å². The minimum atomic E-state index is 0. The number of rotatable bonds is 5. The second-order valence-corrected chi connectivity index (χ2v) is 6.86. The van der Waals surface area contributed by atoms with Gasteiger partial charge in [-0.2, -0.15) is 5.10 Å². The molecule has 0 radical (unpaired) electrons. The summed E-state index contributed by atoms with van der Waals surface area (Å²) >= 11 is 3.40. The summed E-state index contributed by atoms with van der Waals surface area (Å²) in [6, 6.07) is 7.93. The first-order valence-electron chi connectivity index (χ1n) is 7.81. The molecular formula is C16H21BrClN5O. The second-order valence-electron chi connectivity index (χ2n) is 5.95. The van der Waals surface area contributed by atoms with Crippen LogP contribution in [0.1, 0.15) is 31.5 Å². The van der Waals surface area contributed by atoms with Crippen molar-refractivity contribution in [1.82, 2.24) is 20.5 Å². The molecule has 130 valence electrons. The number of nitrogens with two attached hydrogens (primary N) is 1. The SMILES string of the molecule is Cl.N[C@@H]1CCC[C@H]1CC(=O)NCc1nc(-c2ccc(Br)cc2)n[nH]1. The van der Waals surface area contributed by atoms with E-state index in [1.165, 1.54) is 0 Å². The van der Waals surface area contributed by atoms with Gasteiger partial charge in [-0.05, 0) is 30.9 Å². The van der Waals surface area contributed by atoms with Crippen molar-refractivity contribution in [2.45, 2.75) is 38.3 Å². The number of amides is 1. The number of aromatic nitrogens is 3. The predicted octanol–water partition coefficient (Wildman–Crippen LogP) is 2.79. The summed E-state index contributed by atoms with van der Waals surface area (Å²) in [6.07, 6.45) is 3.69. The molecule has 1 aliphatic rings. The third-order valence-corrected chi connectivity index (χ3v) is 4.78.